The van der Waals surface area contributed by atoms with E-state index in [9.17, 15) is 9.18 Å². The second kappa shape index (κ2) is 5.36. The number of halogens is 1. The number of carbonyl (C=O) groups excluding carboxylic acids is 1. The fraction of sp³-hybridized carbons (Fsp3) is 0.538. The first-order valence-corrected chi connectivity index (χ1v) is 5.80. The summed E-state index contributed by atoms with van der Waals surface area (Å²) in [6.45, 7) is 3.93. The first kappa shape index (κ1) is 13.8. The average molecular weight is 238 g/mol. The Hall–Kier alpha value is -1.29. The third-order valence-corrected chi connectivity index (χ3v) is 3.42. The van der Waals surface area contributed by atoms with E-state index in [1.165, 1.54) is 12.3 Å². The molecule has 3 nitrogen and oxygen atoms in total. The summed E-state index contributed by atoms with van der Waals surface area (Å²) in [6.07, 6.45) is 3.90. The molecule has 0 amide bonds. The van der Waals surface area contributed by atoms with Crippen molar-refractivity contribution in [2.75, 3.05) is 14.1 Å². The van der Waals surface area contributed by atoms with Crippen molar-refractivity contribution >= 4 is 5.78 Å². The zero-order chi connectivity index (χ0) is 13.1. The predicted octanol–water partition coefficient (Wildman–Crippen LogP) is 2.52. The molecule has 0 N–H and O–H groups in total. The van der Waals surface area contributed by atoms with Crippen LogP contribution in [0.2, 0.25) is 0 Å². The van der Waals surface area contributed by atoms with Crippen LogP contribution in [0.4, 0.5) is 4.39 Å². The van der Waals surface area contributed by atoms with E-state index in [1.807, 2.05) is 32.8 Å². The van der Waals surface area contributed by atoms with Crippen molar-refractivity contribution in [3.63, 3.8) is 0 Å². The summed E-state index contributed by atoms with van der Waals surface area (Å²) in [7, 11) is 3.75. The van der Waals surface area contributed by atoms with Gasteiger partial charge in [0.1, 0.15) is 5.82 Å². The minimum Gasteiger partial charge on any atom is -0.297 e. The van der Waals surface area contributed by atoms with Crippen molar-refractivity contribution in [2.45, 2.75) is 32.2 Å². The zero-order valence-corrected chi connectivity index (χ0v) is 10.8. The number of rotatable bonds is 5. The molecule has 0 atom stereocenters. The van der Waals surface area contributed by atoms with Gasteiger partial charge in [0.05, 0.1) is 11.7 Å². The highest BCUT2D eigenvalue weighted by Crippen LogP contribution is 2.26. The molecule has 0 fully saturated rings. The lowest BCUT2D eigenvalue weighted by Gasteiger charge is -2.36. The second-order valence-electron chi connectivity index (χ2n) is 4.35. The molecule has 1 rings (SSSR count). The van der Waals surface area contributed by atoms with Crippen LogP contribution in [0, 0.1) is 5.82 Å². The van der Waals surface area contributed by atoms with Crippen molar-refractivity contribution in [3.8, 4) is 0 Å². The lowest BCUT2D eigenvalue weighted by atomic mass is 9.83. The number of hydrogen-bond acceptors (Lipinski definition) is 3. The molecule has 0 aliphatic carbocycles. The Morgan fingerprint density at radius 3 is 2.35 bits per heavy atom. The SMILES string of the molecule is CCC(CC)(C(=O)c1cncc(F)c1)N(C)C. The predicted molar refractivity (Wildman–Crippen MR) is 65.5 cm³/mol. The van der Waals surface area contributed by atoms with Crippen molar-refractivity contribution in [2.24, 2.45) is 0 Å². The van der Waals surface area contributed by atoms with E-state index < -0.39 is 11.4 Å². The van der Waals surface area contributed by atoms with E-state index in [2.05, 4.69) is 4.98 Å². The normalized spacial score (nSPS) is 11.9. The summed E-state index contributed by atoms with van der Waals surface area (Å²) >= 11 is 0. The molecule has 0 aliphatic rings. The summed E-state index contributed by atoms with van der Waals surface area (Å²) in [5, 5.41) is 0. The van der Waals surface area contributed by atoms with E-state index in [0.717, 1.165) is 6.20 Å². The van der Waals surface area contributed by atoms with Gasteiger partial charge >= 0.3 is 0 Å². The molecule has 0 saturated carbocycles. The number of aromatic nitrogens is 1. The highest BCUT2D eigenvalue weighted by atomic mass is 19.1. The molecular weight excluding hydrogens is 219 g/mol. The summed E-state index contributed by atoms with van der Waals surface area (Å²) in [5.74, 6) is -0.546. The molecule has 0 unspecified atom stereocenters. The molecule has 0 spiro atoms. The molecule has 0 aliphatic heterocycles. The Morgan fingerprint density at radius 1 is 1.35 bits per heavy atom. The third kappa shape index (κ3) is 2.52. The van der Waals surface area contributed by atoms with Crippen LogP contribution in [0.1, 0.15) is 37.0 Å². The van der Waals surface area contributed by atoms with Crippen LogP contribution in [-0.2, 0) is 0 Å². The summed E-state index contributed by atoms with van der Waals surface area (Å²) in [6, 6.07) is 1.25. The van der Waals surface area contributed by atoms with Gasteiger partial charge in [-0.15, -0.1) is 0 Å². The summed E-state index contributed by atoms with van der Waals surface area (Å²) < 4.78 is 13.1. The lowest BCUT2D eigenvalue weighted by molar-refractivity contribution is 0.0655. The van der Waals surface area contributed by atoms with E-state index in [0.29, 0.717) is 18.4 Å². The van der Waals surface area contributed by atoms with E-state index >= 15 is 0 Å². The largest absolute Gasteiger partial charge is 0.297 e. The smallest absolute Gasteiger partial charge is 0.184 e. The molecule has 1 heterocycles. The maximum Gasteiger partial charge on any atom is 0.184 e. The number of likely N-dealkylation sites (N-methyl/N-ethyl adjacent to an activating group) is 1. The van der Waals surface area contributed by atoms with E-state index in [-0.39, 0.29) is 5.78 Å². The van der Waals surface area contributed by atoms with Gasteiger partial charge in [0, 0.05) is 11.8 Å². The van der Waals surface area contributed by atoms with E-state index in [4.69, 9.17) is 0 Å². The molecule has 0 bridgehead atoms. The highest BCUT2D eigenvalue weighted by molar-refractivity contribution is 6.02. The minimum atomic E-state index is -0.574. The fourth-order valence-electron chi connectivity index (χ4n) is 2.21. The average Bonchev–Trinajstić information content (AvgIpc) is 2.30. The third-order valence-electron chi connectivity index (χ3n) is 3.42. The zero-order valence-electron chi connectivity index (χ0n) is 10.8. The van der Waals surface area contributed by atoms with Gasteiger partial charge in [-0.05, 0) is 33.0 Å². The number of Topliss-reactive ketones (excluding diaryl/α,β-unsaturated/α-hetero) is 1. The van der Waals surface area contributed by atoms with Crippen LogP contribution in [0.3, 0.4) is 0 Å². The lowest BCUT2D eigenvalue weighted by Crippen LogP contribution is -2.50. The molecular formula is C13H19FN2O. The number of nitrogens with zero attached hydrogens (tertiary/aromatic N) is 2. The molecule has 0 aromatic carbocycles. The summed E-state index contributed by atoms with van der Waals surface area (Å²) in [5.41, 5.74) is -0.238. The number of hydrogen-bond donors (Lipinski definition) is 0. The topological polar surface area (TPSA) is 33.2 Å². The first-order valence-electron chi connectivity index (χ1n) is 5.80. The van der Waals surface area contributed by atoms with Crippen LogP contribution < -0.4 is 0 Å². The van der Waals surface area contributed by atoms with Crippen LogP contribution >= 0.6 is 0 Å². The van der Waals surface area contributed by atoms with Gasteiger partial charge < -0.3 is 0 Å². The molecule has 0 saturated heterocycles. The molecule has 1 aromatic rings. The maximum atomic E-state index is 13.1. The van der Waals surface area contributed by atoms with Crippen molar-refractivity contribution in [3.05, 3.63) is 29.8 Å². The molecule has 94 valence electrons. The summed E-state index contributed by atoms with van der Waals surface area (Å²) in [4.78, 5) is 18.1. The maximum absolute atomic E-state index is 13.1. The van der Waals surface area contributed by atoms with Gasteiger partial charge in [-0.2, -0.15) is 0 Å². The Morgan fingerprint density at radius 2 is 1.94 bits per heavy atom. The Balaban J connectivity index is 3.17. The van der Waals surface area contributed by atoms with Gasteiger partial charge in [0.2, 0.25) is 0 Å². The van der Waals surface area contributed by atoms with Crippen LogP contribution in [0.15, 0.2) is 18.5 Å². The fourth-order valence-corrected chi connectivity index (χ4v) is 2.21. The number of ketones is 1. The van der Waals surface area contributed by atoms with Gasteiger partial charge in [-0.25, -0.2) is 4.39 Å². The van der Waals surface area contributed by atoms with Crippen LogP contribution in [0.5, 0.6) is 0 Å². The number of carbonyl (C=O) groups is 1. The van der Waals surface area contributed by atoms with Crippen molar-refractivity contribution < 1.29 is 9.18 Å². The molecule has 4 heteroatoms. The van der Waals surface area contributed by atoms with Crippen molar-refractivity contribution in [1.29, 1.82) is 0 Å². The van der Waals surface area contributed by atoms with Gasteiger partial charge in [-0.3, -0.25) is 14.7 Å². The van der Waals surface area contributed by atoms with E-state index in [1.54, 1.807) is 0 Å². The minimum absolute atomic E-state index is 0.0699. The Kier molecular flexibility index (Phi) is 4.34. The Bertz CT molecular complexity index is 400. The van der Waals surface area contributed by atoms with Gasteiger partial charge in [0.15, 0.2) is 5.78 Å². The quantitative estimate of drug-likeness (QED) is 0.739. The van der Waals surface area contributed by atoms with Crippen LogP contribution in [-0.4, -0.2) is 35.3 Å². The monoisotopic (exact) mass is 238 g/mol. The standard InChI is InChI=1S/C13H19FN2O/c1-5-13(6-2,16(3)4)12(17)10-7-11(14)9-15-8-10/h7-9H,5-6H2,1-4H3. The molecule has 17 heavy (non-hydrogen) atoms. The highest BCUT2D eigenvalue weighted by Gasteiger charge is 2.37. The second-order valence-corrected chi connectivity index (χ2v) is 4.35. The van der Waals surface area contributed by atoms with Crippen molar-refractivity contribution in [1.82, 2.24) is 9.88 Å². The van der Waals surface area contributed by atoms with Gasteiger partial charge in [-0.1, -0.05) is 13.8 Å². The Labute approximate surface area is 102 Å². The molecule has 0 radical (unpaired) electrons. The van der Waals surface area contributed by atoms with Gasteiger partial charge in [0.25, 0.3) is 0 Å². The molecule has 1 aromatic heterocycles. The number of pyridine rings is 1. The first-order chi connectivity index (χ1) is 7.97. The van der Waals surface area contributed by atoms with Crippen LogP contribution in [0.25, 0.3) is 0 Å².